The minimum Gasteiger partial charge on any atom is -0.489 e. The zero-order valence-electron chi connectivity index (χ0n) is 16.7. The maximum atomic E-state index is 5.83. The van der Waals surface area contributed by atoms with Crippen LogP contribution in [0.1, 0.15) is 11.1 Å². The van der Waals surface area contributed by atoms with Gasteiger partial charge < -0.3 is 10.1 Å². The summed E-state index contributed by atoms with van der Waals surface area (Å²) in [7, 11) is 0. The van der Waals surface area contributed by atoms with Crippen LogP contribution in [0.4, 0.5) is 5.82 Å². The third kappa shape index (κ3) is 4.35. The third-order valence-electron chi connectivity index (χ3n) is 4.85. The van der Waals surface area contributed by atoms with Crippen molar-refractivity contribution >= 4 is 11.6 Å². The molecular weight excluding hydrogens is 388 g/mol. The van der Waals surface area contributed by atoms with Gasteiger partial charge in [-0.25, -0.2) is 4.98 Å². The Hall–Kier alpha value is -4.26. The van der Waals surface area contributed by atoms with Crippen molar-refractivity contribution < 1.29 is 4.74 Å². The van der Waals surface area contributed by atoms with Crippen molar-refractivity contribution in [3.05, 3.63) is 103 Å². The van der Waals surface area contributed by atoms with Crippen LogP contribution in [0.2, 0.25) is 0 Å². The van der Waals surface area contributed by atoms with Crippen molar-refractivity contribution in [3.8, 4) is 17.0 Å². The second-order valence-electron chi connectivity index (χ2n) is 7.01. The van der Waals surface area contributed by atoms with E-state index < -0.39 is 0 Å². The number of anilines is 1. The lowest BCUT2D eigenvalue weighted by Gasteiger charge is -2.11. The lowest BCUT2D eigenvalue weighted by Crippen LogP contribution is -2.07. The number of rotatable bonds is 7. The fourth-order valence-electron chi connectivity index (χ4n) is 3.24. The monoisotopic (exact) mass is 408 g/mol. The lowest BCUT2D eigenvalue weighted by molar-refractivity contribution is 0.305. The molecule has 3 aromatic heterocycles. The number of nitrogens with one attached hydrogen (secondary N) is 1. The van der Waals surface area contributed by atoms with Gasteiger partial charge in [0.2, 0.25) is 0 Å². The molecule has 0 spiro atoms. The maximum Gasteiger partial charge on any atom is 0.254 e. The van der Waals surface area contributed by atoms with Crippen LogP contribution in [0, 0.1) is 0 Å². The molecule has 0 aliphatic carbocycles. The predicted molar refractivity (Wildman–Crippen MR) is 119 cm³/mol. The summed E-state index contributed by atoms with van der Waals surface area (Å²) in [5, 5.41) is 7.74. The summed E-state index contributed by atoms with van der Waals surface area (Å²) in [5.41, 5.74) is 4.05. The SMILES string of the molecule is c1ccc(-c2cc(NCc3ccc(OCc4cccnc4)cc3)n3ncnc3n2)cc1. The van der Waals surface area contributed by atoms with E-state index in [0.29, 0.717) is 18.9 Å². The van der Waals surface area contributed by atoms with Gasteiger partial charge >= 0.3 is 0 Å². The second-order valence-corrected chi connectivity index (χ2v) is 7.01. The van der Waals surface area contributed by atoms with Crippen molar-refractivity contribution in [2.45, 2.75) is 13.2 Å². The molecule has 0 amide bonds. The molecule has 0 bridgehead atoms. The van der Waals surface area contributed by atoms with Gasteiger partial charge in [0.15, 0.2) is 0 Å². The second kappa shape index (κ2) is 8.62. The number of nitrogens with zero attached hydrogens (tertiary/aromatic N) is 5. The fraction of sp³-hybridized carbons (Fsp3) is 0.0833. The van der Waals surface area contributed by atoms with E-state index in [0.717, 1.165) is 34.0 Å². The van der Waals surface area contributed by atoms with E-state index in [1.807, 2.05) is 79.0 Å². The maximum absolute atomic E-state index is 5.83. The molecule has 0 saturated heterocycles. The average Bonchev–Trinajstić information content (AvgIpc) is 3.32. The Kier molecular flexibility index (Phi) is 5.22. The third-order valence-corrected chi connectivity index (χ3v) is 4.85. The molecule has 0 aliphatic heterocycles. The normalized spacial score (nSPS) is 10.8. The van der Waals surface area contributed by atoms with Crippen LogP contribution in [0.3, 0.4) is 0 Å². The van der Waals surface area contributed by atoms with Gasteiger partial charge in [-0.05, 0) is 23.8 Å². The van der Waals surface area contributed by atoms with E-state index in [1.54, 1.807) is 10.7 Å². The molecular formula is C24H20N6O. The van der Waals surface area contributed by atoms with E-state index in [1.165, 1.54) is 6.33 Å². The van der Waals surface area contributed by atoms with Gasteiger partial charge in [-0.15, -0.1) is 0 Å². The summed E-state index contributed by atoms with van der Waals surface area (Å²) in [6, 6.07) is 24.0. The Balaban J connectivity index is 1.29. The van der Waals surface area contributed by atoms with Gasteiger partial charge in [0.25, 0.3) is 5.78 Å². The van der Waals surface area contributed by atoms with E-state index in [2.05, 4.69) is 25.4 Å². The minimum atomic E-state index is 0.495. The van der Waals surface area contributed by atoms with Gasteiger partial charge in [-0.1, -0.05) is 48.5 Å². The quantitative estimate of drug-likeness (QED) is 0.431. The fourth-order valence-corrected chi connectivity index (χ4v) is 3.24. The van der Waals surface area contributed by atoms with E-state index >= 15 is 0 Å². The van der Waals surface area contributed by atoms with Gasteiger partial charge in [0.1, 0.15) is 24.5 Å². The Labute approximate surface area is 179 Å². The van der Waals surface area contributed by atoms with Crippen molar-refractivity contribution in [2.24, 2.45) is 0 Å². The van der Waals surface area contributed by atoms with Gasteiger partial charge in [-0.3, -0.25) is 4.98 Å². The van der Waals surface area contributed by atoms with Crippen LogP contribution >= 0.6 is 0 Å². The largest absolute Gasteiger partial charge is 0.489 e. The number of aromatic nitrogens is 5. The molecule has 0 radical (unpaired) electrons. The van der Waals surface area contributed by atoms with E-state index in [4.69, 9.17) is 4.74 Å². The molecule has 1 N–H and O–H groups in total. The smallest absolute Gasteiger partial charge is 0.254 e. The number of benzene rings is 2. The van der Waals surface area contributed by atoms with Crippen LogP contribution in [0.5, 0.6) is 5.75 Å². The molecule has 0 unspecified atom stereocenters. The van der Waals surface area contributed by atoms with Crippen LogP contribution < -0.4 is 10.1 Å². The highest BCUT2D eigenvalue weighted by Gasteiger charge is 2.09. The molecule has 0 saturated carbocycles. The molecule has 5 aromatic rings. The molecule has 5 rings (SSSR count). The van der Waals surface area contributed by atoms with Gasteiger partial charge in [-0.2, -0.15) is 14.6 Å². The molecule has 152 valence electrons. The van der Waals surface area contributed by atoms with Crippen molar-refractivity contribution in [1.82, 2.24) is 24.6 Å². The topological polar surface area (TPSA) is 77.2 Å². The standard InChI is InChI=1S/C24H20N6O/c1-2-6-20(7-3-1)22-13-23(30-24(29-22)27-17-28-30)26-15-18-8-10-21(11-9-18)31-16-19-5-4-12-25-14-19/h1-14,17,26H,15-16H2. The molecule has 31 heavy (non-hydrogen) atoms. The summed E-state index contributed by atoms with van der Waals surface area (Å²) < 4.78 is 7.54. The Morgan fingerprint density at radius 2 is 1.77 bits per heavy atom. The summed E-state index contributed by atoms with van der Waals surface area (Å²) in [4.78, 5) is 13.0. The Morgan fingerprint density at radius 1 is 0.903 bits per heavy atom. The Bertz CT molecular complexity index is 1270. The predicted octanol–water partition coefficient (Wildman–Crippen LogP) is 4.38. The van der Waals surface area contributed by atoms with Gasteiger partial charge in [0.05, 0.1) is 5.69 Å². The first-order valence-electron chi connectivity index (χ1n) is 9.96. The van der Waals surface area contributed by atoms with E-state index in [9.17, 15) is 0 Å². The van der Waals surface area contributed by atoms with Crippen LogP contribution in [-0.2, 0) is 13.2 Å². The zero-order chi connectivity index (χ0) is 20.9. The molecule has 2 aromatic carbocycles. The number of ether oxygens (including phenoxy) is 1. The lowest BCUT2D eigenvalue weighted by atomic mass is 10.1. The number of hydrogen-bond acceptors (Lipinski definition) is 6. The van der Waals surface area contributed by atoms with Crippen molar-refractivity contribution in [3.63, 3.8) is 0 Å². The summed E-state index contributed by atoms with van der Waals surface area (Å²) >= 11 is 0. The summed E-state index contributed by atoms with van der Waals surface area (Å²) in [5.74, 6) is 2.21. The highest BCUT2D eigenvalue weighted by Crippen LogP contribution is 2.22. The first-order valence-corrected chi connectivity index (χ1v) is 9.96. The molecule has 7 nitrogen and oxygen atoms in total. The first kappa shape index (κ1) is 18.7. The first-order chi connectivity index (χ1) is 15.3. The average molecular weight is 408 g/mol. The van der Waals surface area contributed by atoms with Crippen LogP contribution in [-0.4, -0.2) is 24.6 Å². The summed E-state index contributed by atoms with van der Waals surface area (Å²) in [6.45, 7) is 1.13. The zero-order valence-corrected chi connectivity index (χ0v) is 16.7. The molecule has 0 fully saturated rings. The summed E-state index contributed by atoms with van der Waals surface area (Å²) in [6.07, 6.45) is 5.07. The Morgan fingerprint density at radius 3 is 2.58 bits per heavy atom. The van der Waals surface area contributed by atoms with Crippen molar-refractivity contribution in [1.29, 1.82) is 0 Å². The molecule has 3 heterocycles. The number of hydrogen-bond donors (Lipinski definition) is 1. The van der Waals surface area contributed by atoms with Gasteiger partial charge in [0, 0.05) is 36.1 Å². The molecule has 0 atom stereocenters. The van der Waals surface area contributed by atoms with Crippen LogP contribution in [0.15, 0.2) is 91.5 Å². The van der Waals surface area contributed by atoms with Crippen LogP contribution in [0.25, 0.3) is 17.0 Å². The van der Waals surface area contributed by atoms with E-state index in [-0.39, 0.29) is 0 Å². The highest BCUT2D eigenvalue weighted by atomic mass is 16.5. The number of pyridine rings is 1. The highest BCUT2D eigenvalue weighted by molar-refractivity contribution is 5.65. The molecule has 7 heteroatoms. The minimum absolute atomic E-state index is 0.495. The van der Waals surface area contributed by atoms with Crippen molar-refractivity contribution in [2.75, 3.05) is 5.32 Å². The molecule has 0 aliphatic rings. The number of fused-ring (bicyclic) bond motifs is 1.